The topological polar surface area (TPSA) is 102 Å². The van der Waals surface area contributed by atoms with Gasteiger partial charge in [-0.25, -0.2) is 4.79 Å². The van der Waals surface area contributed by atoms with E-state index >= 15 is 0 Å². The number of nitrogens with one attached hydrogen (secondary N) is 1. The van der Waals surface area contributed by atoms with Crippen molar-refractivity contribution in [2.75, 3.05) is 20.2 Å². The number of nitrogens with two attached hydrogens (primary N) is 1. The highest BCUT2D eigenvalue weighted by Crippen LogP contribution is 2.00. The number of hydrogen-bond acceptors (Lipinski definition) is 5. The molecule has 1 aliphatic rings. The molecule has 1 rings (SSSR count). The number of carbonyl (C=O) groups is 3. The van der Waals surface area contributed by atoms with Crippen molar-refractivity contribution in [1.82, 2.24) is 10.2 Å². The third-order valence-electron chi connectivity index (χ3n) is 1.82. The molecule has 3 N–H and O–H groups in total. The van der Waals surface area contributed by atoms with Crippen LogP contribution >= 0.6 is 0 Å². The molecule has 1 fully saturated rings. The van der Waals surface area contributed by atoms with Gasteiger partial charge in [0.05, 0.1) is 20.2 Å². The number of esters is 1. The number of methoxy groups -OCH3 is 1. The Morgan fingerprint density at radius 3 is 2.79 bits per heavy atom. The molecular formula is C7H11N3O4. The molecule has 1 atom stereocenters. The lowest BCUT2D eigenvalue weighted by molar-refractivity contribution is -0.142. The highest BCUT2D eigenvalue weighted by atomic mass is 16.5. The Balaban J connectivity index is 2.55. The summed E-state index contributed by atoms with van der Waals surface area (Å²) in [6, 6.07) is -1.53. The maximum Gasteiger partial charge on any atom is 0.324 e. The summed E-state index contributed by atoms with van der Waals surface area (Å²) in [6.45, 7) is -0.204. The summed E-state index contributed by atoms with van der Waals surface area (Å²) in [4.78, 5) is 33.9. The van der Waals surface area contributed by atoms with Gasteiger partial charge in [-0.05, 0) is 0 Å². The summed E-state index contributed by atoms with van der Waals surface area (Å²) >= 11 is 0. The molecule has 7 heteroatoms. The minimum atomic E-state index is -0.993. The van der Waals surface area contributed by atoms with E-state index in [0.29, 0.717) is 0 Å². The zero-order valence-electron chi connectivity index (χ0n) is 7.65. The maximum absolute atomic E-state index is 11.1. The van der Waals surface area contributed by atoms with E-state index in [-0.39, 0.29) is 13.1 Å². The predicted octanol–water partition coefficient (Wildman–Crippen LogP) is -1.96. The average molecular weight is 201 g/mol. The van der Waals surface area contributed by atoms with Crippen LogP contribution in [0.2, 0.25) is 0 Å². The molecule has 7 nitrogen and oxygen atoms in total. The maximum atomic E-state index is 11.1. The van der Waals surface area contributed by atoms with Gasteiger partial charge >= 0.3 is 12.0 Å². The summed E-state index contributed by atoms with van der Waals surface area (Å²) in [5.41, 5.74) is 5.38. The molecular weight excluding hydrogens is 190 g/mol. The van der Waals surface area contributed by atoms with Crippen LogP contribution < -0.4 is 11.1 Å². The Bertz CT molecular complexity index is 262. The van der Waals surface area contributed by atoms with Crippen molar-refractivity contribution in [3.8, 4) is 0 Å². The highest BCUT2D eigenvalue weighted by molar-refractivity contribution is 6.02. The molecule has 0 bridgehead atoms. The molecule has 0 saturated carbocycles. The molecule has 1 heterocycles. The van der Waals surface area contributed by atoms with Crippen molar-refractivity contribution in [2.45, 2.75) is 6.04 Å². The van der Waals surface area contributed by atoms with E-state index in [9.17, 15) is 14.4 Å². The smallest absolute Gasteiger partial charge is 0.324 e. The molecule has 1 aliphatic heterocycles. The zero-order chi connectivity index (χ0) is 10.7. The minimum absolute atomic E-state index is 0.0489. The Morgan fingerprint density at radius 2 is 2.36 bits per heavy atom. The van der Waals surface area contributed by atoms with Crippen LogP contribution in [0.5, 0.6) is 0 Å². The zero-order valence-corrected chi connectivity index (χ0v) is 7.65. The van der Waals surface area contributed by atoms with E-state index in [2.05, 4.69) is 10.1 Å². The van der Waals surface area contributed by atoms with Crippen LogP contribution in [0.1, 0.15) is 0 Å². The van der Waals surface area contributed by atoms with Crippen LogP contribution in [0.4, 0.5) is 4.79 Å². The first-order valence-electron chi connectivity index (χ1n) is 3.98. The van der Waals surface area contributed by atoms with E-state index in [1.165, 1.54) is 7.11 Å². The van der Waals surface area contributed by atoms with Gasteiger partial charge in [0, 0.05) is 0 Å². The molecule has 0 spiro atoms. The standard InChI is InChI=1S/C7H11N3O4/c1-14-6(12)4(8)3-10-5(11)2-9-7(10)13/h4H,2-3,8H2,1H3,(H,9,13)/t4-/m0/s1. The molecule has 0 aromatic heterocycles. The summed E-state index contributed by atoms with van der Waals surface area (Å²) in [5, 5.41) is 2.31. The van der Waals surface area contributed by atoms with Crippen LogP contribution in [0.15, 0.2) is 0 Å². The Kier molecular flexibility index (Phi) is 3.03. The fourth-order valence-corrected chi connectivity index (χ4v) is 1.06. The molecule has 1 saturated heterocycles. The van der Waals surface area contributed by atoms with Crippen LogP contribution in [0, 0.1) is 0 Å². The normalized spacial score (nSPS) is 18.0. The third kappa shape index (κ3) is 1.99. The van der Waals surface area contributed by atoms with Crippen molar-refractivity contribution in [3.63, 3.8) is 0 Å². The first-order chi connectivity index (χ1) is 6.56. The molecule has 0 aromatic rings. The number of imide groups is 1. The Labute approximate surface area is 80.2 Å². The van der Waals surface area contributed by atoms with Crippen molar-refractivity contribution >= 4 is 17.9 Å². The lowest BCUT2D eigenvalue weighted by atomic mass is 10.3. The van der Waals surface area contributed by atoms with E-state index in [1.54, 1.807) is 0 Å². The number of amides is 3. The fraction of sp³-hybridized carbons (Fsp3) is 0.571. The van der Waals surface area contributed by atoms with Crippen molar-refractivity contribution in [3.05, 3.63) is 0 Å². The Morgan fingerprint density at radius 1 is 1.71 bits per heavy atom. The first kappa shape index (κ1) is 10.5. The van der Waals surface area contributed by atoms with Gasteiger partial charge in [0.1, 0.15) is 6.04 Å². The second-order valence-electron chi connectivity index (χ2n) is 2.79. The minimum Gasteiger partial charge on any atom is -0.468 e. The molecule has 78 valence electrons. The van der Waals surface area contributed by atoms with Crippen LogP contribution in [-0.4, -0.2) is 49.0 Å². The molecule has 0 aliphatic carbocycles. The summed E-state index contributed by atoms with van der Waals surface area (Å²) in [5.74, 6) is -1.05. The lowest BCUT2D eigenvalue weighted by Gasteiger charge is -2.15. The predicted molar refractivity (Wildman–Crippen MR) is 45.1 cm³/mol. The SMILES string of the molecule is COC(=O)[C@@H](N)CN1C(=O)CNC1=O. The summed E-state index contributed by atoms with van der Waals surface area (Å²) < 4.78 is 4.36. The largest absolute Gasteiger partial charge is 0.468 e. The van der Waals surface area contributed by atoms with Gasteiger partial charge in [-0.2, -0.15) is 0 Å². The monoisotopic (exact) mass is 201 g/mol. The Hall–Kier alpha value is -1.63. The van der Waals surface area contributed by atoms with Gasteiger partial charge in [0.15, 0.2) is 0 Å². The van der Waals surface area contributed by atoms with Crippen LogP contribution in [-0.2, 0) is 14.3 Å². The van der Waals surface area contributed by atoms with Gasteiger partial charge in [0.25, 0.3) is 0 Å². The number of urea groups is 1. The van der Waals surface area contributed by atoms with Crippen molar-refractivity contribution in [1.29, 1.82) is 0 Å². The molecule has 3 amide bonds. The lowest BCUT2D eigenvalue weighted by Crippen LogP contribution is -2.45. The van der Waals surface area contributed by atoms with E-state index in [0.717, 1.165) is 4.90 Å². The van der Waals surface area contributed by atoms with Gasteiger partial charge in [-0.15, -0.1) is 0 Å². The highest BCUT2D eigenvalue weighted by Gasteiger charge is 2.31. The number of hydrogen-bond donors (Lipinski definition) is 2. The van der Waals surface area contributed by atoms with Crippen LogP contribution in [0.3, 0.4) is 0 Å². The van der Waals surface area contributed by atoms with Gasteiger partial charge in [-0.1, -0.05) is 0 Å². The van der Waals surface area contributed by atoms with E-state index in [1.807, 2.05) is 0 Å². The molecule has 0 unspecified atom stereocenters. The fourth-order valence-electron chi connectivity index (χ4n) is 1.06. The quantitative estimate of drug-likeness (QED) is 0.407. The number of nitrogens with zero attached hydrogens (tertiary/aromatic N) is 1. The number of carbonyl (C=O) groups excluding carboxylic acids is 3. The first-order valence-corrected chi connectivity index (χ1v) is 3.98. The van der Waals surface area contributed by atoms with E-state index in [4.69, 9.17) is 5.73 Å². The van der Waals surface area contributed by atoms with Crippen molar-refractivity contribution < 1.29 is 19.1 Å². The molecule has 14 heavy (non-hydrogen) atoms. The number of ether oxygens (including phenoxy) is 1. The second-order valence-corrected chi connectivity index (χ2v) is 2.79. The summed E-state index contributed by atoms with van der Waals surface area (Å²) in [6.07, 6.45) is 0. The third-order valence-corrected chi connectivity index (χ3v) is 1.82. The molecule has 0 aromatic carbocycles. The average Bonchev–Trinajstić information content (AvgIpc) is 2.48. The van der Waals surface area contributed by atoms with Crippen molar-refractivity contribution in [2.24, 2.45) is 5.73 Å². The van der Waals surface area contributed by atoms with Crippen LogP contribution in [0.25, 0.3) is 0 Å². The van der Waals surface area contributed by atoms with Gasteiger partial charge in [-0.3, -0.25) is 14.5 Å². The van der Waals surface area contributed by atoms with Gasteiger partial charge < -0.3 is 15.8 Å². The van der Waals surface area contributed by atoms with E-state index < -0.39 is 23.9 Å². The molecule has 0 radical (unpaired) electrons. The van der Waals surface area contributed by atoms with Gasteiger partial charge in [0.2, 0.25) is 5.91 Å². The number of rotatable bonds is 3. The summed E-state index contributed by atoms with van der Waals surface area (Å²) in [7, 11) is 1.19. The second kappa shape index (κ2) is 4.05.